The number of nitrogens with one attached hydrogen (secondary N) is 2. The fourth-order valence-corrected chi connectivity index (χ4v) is 1.98. The third-order valence-corrected chi connectivity index (χ3v) is 3.19. The zero-order valence-electron chi connectivity index (χ0n) is 16.1. The highest BCUT2D eigenvalue weighted by Gasteiger charge is 2.19. The van der Waals surface area contributed by atoms with Crippen molar-refractivity contribution < 1.29 is 9.53 Å². The Kier molecular flexibility index (Phi) is 10.8. The minimum atomic E-state index is -0.493. The van der Waals surface area contributed by atoms with E-state index >= 15 is 0 Å². The summed E-state index contributed by atoms with van der Waals surface area (Å²) < 4.78 is 5.35. The van der Waals surface area contributed by atoms with Gasteiger partial charge in [-0.25, -0.2) is 4.79 Å². The van der Waals surface area contributed by atoms with Gasteiger partial charge in [0.05, 0.1) is 6.54 Å². The number of guanidine groups is 1. The first kappa shape index (κ1) is 24.1. The molecule has 0 aliphatic carbocycles. The van der Waals surface area contributed by atoms with Crippen LogP contribution in [0.2, 0.25) is 0 Å². The van der Waals surface area contributed by atoms with Gasteiger partial charge < -0.3 is 20.3 Å². The van der Waals surface area contributed by atoms with Crippen LogP contribution in [0.3, 0.4) is 0 Å². The molecule has 6 nitrogen and oxygen atoms in total. The predicted octanol–water partition coefficient (Wildman–Crippen LogP) is 2.97. The second-order valence-electron chi connectivity index (χ2n) is 6.64. The van der Waals surface area contributed by atoms with Crippen LogP contribution in [0, 0.1) is 12.3 Å². The number of rotatable bonds is 5. The van der Waals surface area contributed by atoms with Crippen molar-refractivity contribution >= 4 is 36.0 Å². The Morgan fingerprint density at radius 3 is 2.31 bits per heavy atom. The monoisotopic (exact) mass is 472 g/mol. The van der Waals surface area contributed by atoms with Crippen molar-refractivity contribution in [2.45, 2.75) is 39.5 Å². The quantitative estimate of drug-likeness (QED) is 0.300. The number of hydrogen-bond acceptors (Lipinski definition) is 3. The molecule has 0 aliphatic heterocycles. The van der Waals surface area contributed by atoms with Crippen LogP contribution in [-0.4, -0.2) is 43.2 Å². The molecule has 1 aromatic carbocycles. The summed E-state index contributed by atoms with van der Waals surface area (Å²) in [5.41, 5.74) is 1.65. The number of aliphatic imine (C=N–C) groups is 1. The van der Waals surface area contributed by atoms with E-state index in [9.17, 15) is 4.79 Å². The SMILES string of the molecule is C#CCNC(=NC)NCc1ccc(CN(C)C(=O)OC(C)(C)C)cc1.I. The summed E-state index contributed by atoms with van der Waals surface area (Å²) in [6, 6.07) is 8.02. The van der Waals surface area contributed by atoms with Crippen LogP contribution >= 0.6 is 24.0 Å². The molecule has 0 bridgehead atoms. The smallest absolute Gasteiger partial charge is 0.410 e. The van der Waals surface area contributed by atoms with Crippen LogP contribution < -0.4 is 10.6 Å². The zero-order chi connectivity index (χ0) is 18.9. The highest BCUT2D eigenvalue weighted by Crippen LogP contribution is 2.12. The summed E-state index contributed by atoms with van der Waals surface area (Å²) in [6.45, 7) is 7.11. The van der Waals surface area contributed by atoms with Crippen molar-refractivity contribution in [1.29, 1.82) is 0 Å². The Morgan fingerprint density at radius 2 is 1.81 bits per heavy atom. The van der Waals surface area contributed by atoms with E-state index in [2.05, 4.69) is 21.5 Å². The van der Waals surface area contributed by atoms with Crippen molar-refractivity contribution in [3.63, 3.8) is 0 Å². The molecular weight excluding hydrogens is 443 g/mol. The minimum Gasteiger partial charge on any atom is -0.444 e. The molecule has 0 atom stereocenters. The van der Waals surface area contributed by atoms with E-state index in [1.807, 2.05) is 45.0 Å². The number of hydrogen-bond donors (Lipinski definition) is 2. The topological polar surface area (TPSA) is 66.0 Å². The Bertz CT molecular complexity index is 630. The normalized spacial score (nSPS) is 11.0. The average molecular weight is 472 g/mol. The molecule has 0 radical (unpaired) electrons. The van der Waals surface area contributed by atoms with Gasteiger partial charge in [-0.3, -0.25) is 4.99 Å². The number of carbonyl (C=O) groups is 1. The number of nitrogens with zero attached hydrogens (tertiary/aromatic N) is 2. The number of carbonyl (C=O) groups excluding carboxylic acids is 1. The summed E-state index contributed by atoms with van der Waals surface area (Å²) in [5.74, 6) is 3.16. The molecule has 7 heteroatoms. The molecule has 0 aliphatic rings. The predicted molar refractivity (Wildman–Crippen MR) is 117 cm³/mol. The van der Waals surface area contributed by atoms with Gasteiger partial charge in [0.1, 0.15) is 5.60 Å². The van der Waals surface area contributed by atoms with Crippen LogP contribution in [0.1, 0.15) is 31.9 Å². The van der Waals surface area contributed by atoms with Crippen LogP contribution in [0.15, 0.2) is 29.3 Å². The lowest BCUT2D eigenvalue weighted by Crippen LogP contribution is -2.36. The van der Waals surface area contributed by atoms with Crippen molar-refractivity contribution in [1.82, 2.24) is 15.5 Å². The number of terminal acetylenes is 1. The summed E-state index contributed by atoms with van der Waals surface area (Å²) in [7, 11) is 3.42. The second kappa shape index (κ2) is 11.6. The summed E-state index contributed by atoms with van der Waals surface area (Å²) in [4.78, 5) is 17.6. The largest absolute Gasteiger partial charge is 0.444 e. The van der Waals surface area contributed by atoms with Gasteiger partial charge in [-0.15, -0.1) is 30.4 Å². The fourth-order valence-electron chi connectivity index (χ4n) is 1.98. The Morgan fingerprint density at radius 1 is 1.23 bits per heavy atom. The molecule has 1 amide bonds. The van der Waals surface area contributed by atoms with Crippen molar-refractivity contribution in [2.75, 3.05) is 20.6 Å². The van der Waals surface area contributed by atoms with E-state index in [-0.39, 0.29) is 30.1 Å². The lowest BCUT2D eigenvalue weighted by molar-refractivity contribution is 0.0285. The van der Waals surface area contributed by atoms with Crippen LogP contribution in [0.4, 0.5) is 4.79 Å². The van der Waals surface area contributed by atoms with Crippen molar-refractivity contribution in [3.05, 3.63) is 35.4 Å². The molecule has 0 spiro atoms. The van der Waals surface area contributed by atoms with E-state index in [0.717, 1.165) is 11.1 Å². The van der Waals surface area contributed by atoms with Crippen molar-refractivity contribution in [3.8, 4) is 12.3 Å². The molecule has 144 valence electrons. The number of amides is 1. The zero-order valence-corrected chi connectivity index (χ0v) is 18.5. The molecule has 0 saturated carbocycles. The first-order chi connectivity index (χ1) is 11.7. The van der Waals surface area contributed by atoms with E-state index < -0.39 is 5.60 Å². The molecule has 0 fully saturated rings. The first-order valence-electron chi connectivity index (χ1n) is 8.15. The van der Waals surface area contributed by atoms with E-state index in [0.29, 0.717) is 25.6 Å². The molecular formula is C19H29IN4O2. The number of ether oxygens (including phenoxy) is 1. The minimum absolute atomic E-state index is 0. The number of halogens is 1. The highest BCUT2D eigenvalue weighted by molar-refractivity contribution is 14.0. The van der Waals surface area contributed by atoms with Crippen molar-refractivity contribution in [2.24, 2.45) is 4.99 Å². The van der Waals surface area contributed by atoms with Crippen LogP contribution in [-0.2, 0) is 17.8 Å². The van der Waals surface area contributed by atoms with Gasteiger partial charge in [0.15, 0.2) is 5.96 Å². The maximum Gasteiger partial charge on any atom is 0.410 e. The lowest BCUT2D eigenvalue weighted by Gasteiger charge is -2.24. The molecule has 2 N–H and O–H groups in total. The van der Waals surface area contributed by atoms with Gasteiger partial charge in [0.25, 0.3) is 0 Å². The molecule has 0 unspecified atom stereocenters. The molecule has 0 aromatic heterocycles. The van der Waals surface area contributed by atoms with Gasteiger partial charge in [0.2, 0.25) is 0 Å². The first-order valence-corrected chi connectivity index (χ1v) is 8.15. The average Bonchev–Trinajstić information content (AvgIpc) is 2.55. The van der Waals surface area contributed by atoms with Gasteiger partial charge in [-0.2, -0.15) is 0 Å². The summed E-state index contributed by atoms with van der Waals surface area (Å²) in [6.07, 6.45) is 4.89. The van der Waals surface area contributed by atoms with Gasteiger partial charge in [0, 0.05) is 27.2 Å². The molecule has 26 heavy (non-hydrogen) atoms. The van der Waals surface area contributed by atoms with Gasteiger partial charge in [-0.05, 0) is 31.9 Å². The van der Waals surface area contributed by atoms with E-state index in [1.165, 1.54) is 0 Å². The summed E-state index contributed by atoms with van der Waals surface area (Å²) >= 11 is 0. The molecule has 0 heterocycles. The maximum absolute atomic E-state index is 12.0. The maximum atomic E-state index is 12.0. The van der Waals surface area contributed by atoms with Crippen LogP contribution in [0.25, 0.3) is 0 Å². The van der Waals surface area contributed by atoms with E-state index in [4.69, 9.17) is 11.2 Å². The Balaban J connectivity index is 0.00000625. The lowest BCUT2D eigenvalue weighted by atomic mass is 10.1. The third kappa shape index (κ3) is 9.51. The highest BCUT2D eigenvalue weighted by atomic mass is 127. The molecule has 0 saturated heterocycles. The van der Waals surface area contributed by atoms with E-state index in [1.54, 1.807) is 19.0 Å². The Labute approximate surface area is 173 Å². The standard InChI is InChI=1S/C19H28N4O2.HI/c1-7-12-21-17(20-5)22-13-15-8-10-16(11-9-15)14-23(6)18(24)25-19(2,3)4;/h1,8-11H,12-14H2,2-6H3,(H2,20,21,22);1H. The van der Waals surface area contributed by atoms with Gasteiger partial charge >= 0.3 is 6.09 Å². The van der Waals surface area contributed by atoms with Crippen LogP contribution in [0.5, 0.6) is 0 Å². The molecule has 1 aromatic rings. The third-order valence-electron chi connectivity index (χ3n) is 3.19. The summed E-state index contributed by atoms with van der Waals surface area (Å²) in [5, 5.41) is 6.19. The fraction of sp³-hybridized carbons (Fsp3) is 0.474. The second-order valence-corrected chi connectivity index (χ2v) is 6.64. The molecule has 1 rings (SSSR count). The number of benzene rings is 1. The van der Waals surface area contributed by atoms with Gasteiger partial charge in [-0.1, -0.05) is 30.2 Å². The Hall–Kier alpha value is -1.95.